The van der Waals surface area contributed by atoms with Gasteiger partial charge in [0.1, 0.15) is 0 Å². The summed E-state index contributed by atoms with van der Waals surface area (Å²) in [5.41, 5.74) is 3.45. The third kappa shape index (κ3) is 4.37. The van der Waals surface area contributed by atoms with Gasteiger partial charge in [-0.1, -0.05) is 38.1 Å². The van der Waals surface area contributed by atoms with E-state index in [-0.39, 0.29) is 17.9 Å². The zero-order valence-corrected chi connectivity index (χ0v) is 20.6. The van der Waals surface area contributed by atoms with Crippen LogP contribution in [0.25, 0.3) is 0 Å². The number of amides is 2. The summed E-state index contributed by atoms with van der Waals surface area (Å²) < 4.78 is 11.0. The molecule has 0 saturated heterocycles. The quantitative estimate of drug-likeness (QED) is 0.575. The Morgan fingerprint density at radius 1 is 1.09 bits per heavy atom. The van der Waals surface area contributed by atoms with E-state index >= 15 is 0 Å². The summed E-state index contributed by atoms with van der Waals surface area (Å²) in [5, 5.41) is 3.17. The molecular weight excluding hydrogens is 430 g/mol. The molecule has 182 valence electrons. The Morgan fingerprint density at radius 3 is 2.50 bits per heavy atom. The minimum atomic E-state index is -0.526. The van der Waals surface area contributed by atoms with Gasteiger partial charge in [-0.3, -0.25) is 9.59 Å². The topological polar surface area (TPSA) is 71.1 Å². The molecule has 0 spiro atoms. The predicted molar refractivity (Wildman–Crippen MR) is 132 cm³/mol. The Kier molecular flexibility index (Phi) is 7.41. The smallest absolute Gasteiger partial charge is 0.254 e. The van der Waals surface area contributed by atoms with E-state index in [0.717, 1.165) is 38.0 Å². The maximum atomic E-state index is 13.7. The summed E-state index contributed by atoms with van der Waals surface area (Å²) in [4.78, 5) is 31.5. The number of nitrogens with zero attached hydrogens (tertiary/aromatic N) is 2. The highest BCUT2D eigenvalue weighted by Crippen LogP contribution is 2.48. The number of carbonyl (C=O) groups excluding carboxylic acids is 2. The zero-order chi connectivity index (χ0) is 24.2. The van der Waals surface area contributed by atoms with Crippen molar-refractivity contribution in [2.75, 3.05) is 46.9 Å². The van der Waals surface area contributed by atoms with Gasteiger partial charge < -0.3 is 24.6 Å². The van der Waals surface area contributed by atoms with Crippen molar-refractivity contribution >= 4 is 11.8 Å². The lowest BCUT2D eigenvalue weighted by Gasteiger charge is -2.45. The second-order valence-corrected chi connectivity index (χ2v) is 8.84. The number of methoxy groups -OCH3 is 2. The van der Waals surface area contributed by atoms with Crippen LogP contribution in [0.4, 0.5) is 0 Å². The van der Waals surface area contributed by atoms with Gasteiger partial charge >= 0.3 is 0 Å². The van der Waals surface area contributed by atoms with Crippen LogP contribution >= 0.6 is 0 Å². The fraction of sp³-hybridized carbons (Fsp3) is 0.481. The van der Waals surface area contributed by atoms with Crippen molar-refractivity contribution in [1.82, 2.24) is 15.1 Å². The van der Waals surface area contributed by atoms with Crippen molar-refractivity contribution in [1.29, 1.82) is 0 Å². The molecule has 1 N–H and O–H groups in total. The first-order valence-electron chi connectivity index (χ1n) is 12.2. The maximum absolute atomic E-state index is 13.7. The van der Waals surface area contributed by atoms with Crippen LogP contribution in [0.1, 0.15) is 59.3 Å². The monoisotopic (exact) mass is 465 g/mol. The molecule has 0 aromatic heterocycles. The Labute approximate surface area is 202 Å². The lowest BCUT2D eigenvalue weighted by molar-refractivity contribution is -0.124. The van der Waals surface area contributed by atoms with Gasteiger partial charge in [-0.05, 0) is 61.3 Å². The molecule has 2 aromatic carbocycles. The van der Waals surface area contributed by atoms with Crippen LogP contribution in [0.5, 0.6) is 11.5 Å². The number of hydrogen-bond donors (Lipinski definition) is 1. The summed E-state index contributed by atoms with van der Waals surface area (Å²) in [7, 11) is 3.12. The highest BCUT2D eigenvalue weighted by Gasteiger charge is 2.46. The molecule has 7 heteroatoms. The van der Waals surface area contributed by atoms with Crippen LogP contribution in [-0.2, 0) is 11.2 Å². The van der Waals surface area contributed by atoms with Crippen LogP contribution in [-0.4, -0.2) is 68.6 Å². The summed E-state index contributed by atoms with van der Waals surface area (Å²) in [5.74, 6) is 0.352. The first-order chi connectivity index (χ1) is 16.5. The van der Waals surface area contributed by atoms with Crippen molar-refractivity contribution in [2.24, 2.45) is 0 Å². The highest BCUT2D eigenvalue weighted by molar-refractivity contribution is 6.02. The molecule has 2 aromatic rings. The van der Waals surface area contributed by atoms with Gasteiger partial charge in [0.2, 0.25) is 5.91 Å². The number of fused-ring (bicyclic) bond motifs is 4. The molecule has 2 heterocycles. The van der Waals surface area contributed by atoms with Crippen molar-refractivity contribution in [3.05, 3.63) is 58.7 Å². The SMILES string of the molecule is CCN(CC)CCCNC(=O)[C@H]1c2cc(OC)c(OC)cc2C(=O)N2CCc3ccccc3[C@H]12. The minimum absolute atomic E-state index is 0.0628. The van der Waals surface area contributed by atoms with Gasteiger partial charge in [0.05, 0.1) is 26.2 Å². The van der Waals surface area contributed by atoms with E-state index in [1.807, 2.05) is 23.1 Å². The number of hydrogen-bond acceptors (Lipinski definition) is 5. The highest BCUT2D eigenvalue weighted by atomic mass is 16.5. The first kappa shape index (κ1) is 24.1. The predicted octanol–water partition coefficient (Wildman–Crippen LogP) is 3.39. The first-order valence-corrected chi connectivity index (χ1v) is 12.2. The maximum Gasteiger partial charge on any atom is 0.254 e. The van der Waals surface area contributed by atoms with Gasteiger partial charge in [0.15, 0.2) is 11.5 Å². The Bertz CT molecular complexity index is 1050. The average Bonchev–Trinajstić information content (AvgIpc) is 2.88. The van der Waals surface area contributed by atoms with E-state index in [0.29, 0.717) is 35.7 Å². The van der Waals surface area contributed by atoms with E-state index in [1.165, 1.54) is 5.56 Å². The van der Waals surface area contributed by atoms with Gasteiger partial charge in [0.25, 0.3) is 5.91 Å². The third-order valence-electron chi connectivity index (χ3n) is 7.16. The Balaban J connectivity index is 1.71. The number of benzene rings is 2. The summed E-state index contributed by atoms with van der Waals surface area (Å²) in [6.45, 7) is 8.41. The number of rotatable bonds is 9. The molecule has 4 rings (SSSR count). The number of ether oxygens (including phenoxy) is 2. The van der Waals surface area contributed by atoms with Crippen LogP contribution in [0.2, 0.25) is 0 Å². The zero-order valence-electron chi connectivity index (χ0n) is 20.6. The normalized spacial score (nSPS) is 18.7. The van der Waals surface area contributed by atoms with Gasteiger partial charge in [0, 0.05) is 18.7 Å². The fourth-order valence-corrected chi connectivity index (χ4v) is 5.30. The summed E-state index contributed by atoms with van der Waals surface area (Å²) in [6.07, 6.45) is 1.65. The lowest BCUT2D eigenvalue weighted by Crippen LogP contribution is -2.50. The van der Waals surface area contributed by atoms with Gasteiger partial charge in [-0.15, -0.1) is 0 Å². The van der Waals surface area contributed by atoms with Gasteiger partial charge in [-0.2, -0.15) is 0 Å². The van der Waals surface area contributed by atoms with Crippen molar-refractivity contribution in [2.45, 2.75) is 38.6 Å². The number of carbonyl (C=O) groups is 2. The van der Waals surface area contributed by atoms with Gasteiger partial charge in [-0.25, -0.2) is 0 Å². The second-order valence-electron chi connectivity index (χ2n) is 8.84. The second kappa shape index (κ2) is 10.5. The van der Waals surface area contributed by atoms with E-state index in [1.54, 1.807) is 26.4 Å². The van der Waals surface area contributed by atoms with E-state index in [9.17, 15) is 9.59 Å². The van der Waals surface area contributed by atoms with Crippen LogP contribution in [0.15, 0.2) is 36.4 Å². The van der Waals surface area contributed by atoms with Crippen LogP contribution in [0.3, 0.4) is 0 Å². The van der Waals surface area contributed by atoms with Crippen LogP contribution < -0.4 is 14.8 Å². The molecular formula is C27H35N3O4. The standard InChI is InChI=1S/C27H35N3O4/c1-5-29(6-2)14-9-13-28-26(31)24-20-16-22(33-3)23(34-4)17-21(20)27(32)30-15-12-18-10-7-8-11-19(18)25(24)30/h7-8,10-11,16-17,24-25H,5-6,9,12-15H2,1-4H3,(H,28,31)/t24-,25+/m0/s1. The van der Waals surface area contributed by atoms with E-state index in [4.69, 9.17) is 9.47 Å². The largest absolute Gasteiger partial charge is 0.493 e. The van der Waals surface area contributed by atoms with Crippen molar-refractivity contribution in [3.63, 3.8) is 0 Å². The molecule has 0 saturated carbocycles. The molecule has 0 radical (unpaired) electrons. The van der Waals surface area contributed by atoms with Crippen molar-refractivity contribution in [3.8, 4) is 11.5 Å². The lowest BCUT2D eigenvalue weighted by atomic mass is 9.75. The molecule has 2 amide bonds. The molecule has 0 unspecified atom stereocenters. The van der Waals surface area contributed by atoms with E-state index < -0.39 is 5.92 Å². The molecule has 34 heavy (non-hydrogen) atoms. The van der Waals surface area contributed by atoms with Crippen molar-refractivity contribution < 1.29 is 19.1 Å². The Hall–Kier alpha value is -3.06. The summed E-state index contributed by atoms with van der Waals surface area (Å²) in [6, 6.07) is 11.3. The molecule has 0 aliphatic carbocycles. The summed E-state index contributed by atoms with van der Waals surface area (Å²) >= 11 is 0. The third-order valence-corrected chi connectivity index (χ3v) is 7.16. The van der Waals surface area contributed by atoms with E-state index in [2.05, 4.69) is 30.1 Å². The molecule has 2 aliphatic rings. The molecule has 7 nitrogen and oxygen atoms in total. The molecule has 0 bridgehead atoms. The Morgan fingerprint density at radius 2 is 1.79 bits per heavy atom. The average molecular weight is 466 g/mol. The fourth-order valence-electron chi connectivity index (χ4n) is 5.30. The minimum Gasteiger partial charge on any atom is -0.493 e. The molecule has 2 aliphatic heterocycles. The molecule has 0 fully saturated rings. The van der Waals surface area contributed by atoms with Crippen LogP contribution in [0, 0.1) is 0 Å². The number of nitrogens with one attached hydrogen (secondary N) is 1. The molecule has 2 atom stereocenters.